The van der Waals surface area contributed by atoms with E-state index in [1.807, 2.05) is 103 Å². The van der Waals surface area contributed by atoms with Gasteiger partial charge in [0.15, 0.2) is 0 Å². The topological polar surface area (TPSA) is 75.5 Å². The van der Waals surface area contributed by atoms with Gasteiger partial charge < -0.3 is 9.88 Å². The van der Waals surface area contributed by atoms with Crippen LogP contribution in [-0.2, 0) is 16.6 Å². The zero-order valence-corrected chi connectivity index (χ0v) is 17.7. The quantitative estimate of drug-likeness (QED) is 0.352. The summed E-state index contributed by atoms with van der Waals surface area (Å²) in [5.41, 5.74) is 6.21. The molecule has 4 rings (SSSR count). The summed E-state index contributed by atoms with van der Waals surface area (Å²) in [6.07, 6.45) is 3.56. The van der Waals surface area contributed by atoms with E-state index in [0.717, 1.165) is 27.6 Å². The molecule has 1 aromatic heterocycles. The maximum atomic E-state index is 13.0. The number of nitrogens with one attached hydrogen (secondary N) is 2. The number of carbonyl (C=O) groups is 2. The maximum Gasteiger partial charge on any atom is 0.259 e. The lowest BCUT2D eigenvalue weighted by molar-refractivity contribution is -0.126. The van der Waals surface area contributed by atoms with Crippen molar-refractivity contribution in [1.82, 2.24) is 15.3 Å². The van der Waals surface area contributed by atoms with Gasteiger partial charge in [0.2, 0.25) is 5.91 Å². The molecule has 0 fully saturated rings. The van der Waals surface area contributed by atoms with Crippen molar-refractivity contribution in [2.24, 2.45) is 12.1 Å². The Morgan fingerprint density at radius 2 is 1.50 bits per heavy atom. The number of amides is 2. The number of para-hydroxylation sites is 1. The minimum absolute atomic E-state index is 0.165. The first-order chi connectivity index (χ1) is 15.6. The Balaban J connectivity index is 1.39. The summed E-state index contributed by atoms with van der Waals surface area (Å²) in [5, 5.41) is 7.84. The third kappa shape index (κ3) is 4.75. The summed E-state index contributed by atoms with van der Waals surface area (Å²) in [7, 11) is 1.96. The van der Waals surface area contributed by atoms with Gasteiger partial charge in [-0.25, -0.2) is 5.43 Å². The maximum absolute atomic E-state index is 13.0. The minimum Gasteiger partial charge on any atom is -0.350 e. The highest BCUT2D eigenvalue weighted by Gasteiger charge is 2.22. The second-order valence-corrected chi connectivity index (χ2v) is 7.48. The molecule has 4 aromatic rings. The monoisotopic (exact) mass is 424 g/mol. The molecule has 0 spiro atoms. The van der Waals surface area contributed by atoms with Crippen LogP contribution in [0.3, 0.4) is 0 Å². The van der Waals surface area contributed by atoms with Crippen LogP contribution in [0.4, 0.5) is 0 Å². The van der Waals surface area contributed by atoms with E-state index in [1.165, 1.54) is 0 Å². The fraction of sp³-hybridized carbons (Fsp3) is 0.115. The van der Waals surface area contributed by atoms with Crippen LogP contribution >= 0.6 is 0 Å². The Morgan fingerprint density at radius 1 is 0.906 bits per heavy atom. The van der Waals surface area contributed by atoms with Gasteiger partial charge in [-0.3, -0.25) is 9.59 Å². The molecular weight excluding hydrogens is 400 g/mol. The van der Waals surface area contributed by atoms with Crippen molar-refractivity contribution in [3.8, 4) is 0 Å². The predicted molar refractivity (Wildman–Crippen MR) is 126 cm³/mol. The van der Waals surface area contributed by atoms with Gasteiger partial charge in [0.1, 0.15) is 0 Å². The summed E-state index contributed by atoms with van der Waals surface area (Å²) in [4.78, 5) is 25.2. The van der Waals surface area contributed by atoms with E-state index in [-0.39, 0.29) is 12.5 Å². The molecule has 0 unspecified atom stereocenters. The standard InChI is InChI=1S/C26H24N4O2/c1-30-18-21(22-14-8-9-15-23(22)30)16-28-29-24(31)17-27-26(32)25(19-10-4-2-5-11-19)20-12-6-3-7-13-20/h2-16,18,25H,17H2,1H3,(H,27,32)(H,29,31)/b28-16-. The summed E-state index contributed by atoms with van der Waals surface area (Å²) in [5.74, 6) is -1.13. The number of hydrazone groups is 1. The Hall–Kier alpha value is -4.19. The highest BCUT2D eigenvalue weighted by atomic mass is 16.2. The third-order valence-electron chi connectivity index (χ3n) is 5.27. The molecule has 6 nitrogen and oxygen atoms in total. The number of hydrogen-bond donors (Lipinski definition) is 2. The molecule has 0 aliphatic rings. The van der Waals surface area contributed by atoms with Gasteiger partial charge in [0.05, 0.1) is 18.7 Å². The summed E-state index contributed by atoms with van der Waals surface area (Å²) < 4.78 is 2.01. The van der Waals surface area contributed by atoms with Crippen molar-refractivity contribution in [3.05, 3.63) is 108 Å². The predicted octanol–water partition coefficient (Wildman–Crippen LogP) is 3.58. The average Bonchev–Trinajstić information content (AvgIpc) is 3.15. The van der Waals surface area contributed by atoms with Gasteiger partial charge in [0.25, 0.3) is 5.91 Å². The molecule has 0 radical (unpaired) electrons. The Morgan fingerprint density at radius 3 is 2.16 bits per heavy atom. The van der Waals surface area contributed by atoms with Crippen LogP contribution in [0.1, 0.15) is 22.6 Å². The van der Waals surface area contributed by atoms with Gasteiger partial charge in [-0.2, -0.15) is 5.10 Å². The van der Waals surface area contributed by atoms with Gasteiger partial charge in [-0.1, -0.05) is 78.9 Å². The largest absolute Gasteiger partial charge is 0.350 e. The van der Waals surface area contributed by atoms with Crippen molar-refractivity contribution >= 4 is 28.9 Å². The molecule has 1 heterocycles. The lowest BCUT2D eigenvalue weighted by atomic mass is 9.90. The molecule has 0 bridgehead atoms. The number of rotatable bonds is 7. The molecule has 3 aromatic carbocycles. The van der Waals surface area contributed by atoms with E-state index >= 15 is 0 Å². The van der Waals surface area contributed by atoms with Gasteiger partial charge in [-0.15, -0.1) is 0 Å². The fourth-order valence-electron chi connectivity index (χ4n) is 3.74. The first-order valence-corrected chi connectivity index (χ1v) is 10.4. The molecule has 0 saturated heterocycles. The highest BCUT2D eigenvalue weighted by Crippen LogP contribution is 2.24. The van der Waals surface area contributed by atoms with E-state index in [0.29, 0.717) is 0 Å². The van der Waals surface area contributed by atoms with Gasteiger partial charge in [0, 0.05) is 29.7 Å². The first kappa shape index (κ1) is 21.1. The van der Waals surface area contributed by atoms with Crippen molar-refractivity contribution in [2.45, 2.75) is 5.92 Å². The van der Waals surface area contributed by atoms with Crippen molar-refractivity contribution in [1.29, 1.82) is 0 Å². The molecule has 6 heteroatoms. The van der Waals surface area contributed by atoms with E-state index < -0.39 is 11.8 Å². The van der Waals surface area contributed by atoms with Crippen molar-refractivity contribution < 1.29 is 9.59 Å². The SMILES string of the molecule is Cn1cc(/C=N\NC(=O)CNC(=O)C(c2ccccc2)c2ccccc2)c2ccccc21. The average molecular weight is 425 g/mol. The zero-order valence-electron chi connectivity index (χ0n) is 17.7. The van der Waals surface area contributed by atoms with Crippen LogP contribution in [0.25, 0.3) is 10.9 Å². The van der Waals surface area contributed by atoms with E-state index in [4.69, 9.17) is 0 Å². The van der Waals surface area contributed by atoms with Crippen LogP contribution in [-0.4, -0.2) is 29.1 Å². The number of benzene rings is 3. The fourth-order valence-corrected chi connectivity index (χ4v) is 3.74. The summed E-state index contributed by atoms with van der Waals surface area (Å²) in [6, 6.07) is 27.0. The third-order valence-corrected chi connectivity index (χ3v) is 5.27. The van der Waals surface area contributed by atoms with E-state index in [1.54, 1.807) is 6.21 Å². The number of carbonyl (C=O) groups excluding carboxylic acids is 2. The summed E-state index contributed by atoms with van der Waals surface area (Å²) >= 11 is 0. The van der Waals surface area contributed by atoms with Crippen molar-refractivity contribution in [2.75, 3.05) is 6.54 Å². The lowest BCUT2D eigenvalue weighted by Gasteiger charge is -2.17. The number of aromatic nitrogens is 1. The van der Waals surface area contributed by atoms with E-state index in [2.05, 4.69) is 15.8 Å². The molecule has 0 aliphatic heterocycles. The number of fused-ring (bicyclic) bond motifs is 1. The van der Waals surface area contributed by atoms with Crippen LogP contribution in [0.5, 0.6) is 0 Å². The molecule has 0 aliphatic carbocycles. The molecule has 0 saturated carbocycles. The second kappa shape index (κ2) is 9.75. The zero-order chi connectivity index (χ0) is 22.3. The van der Waals surface area contributed by atoms with Crippen molar-refractivity contribution in [3.63, 3.8) is 0 Å². The molecule has 2 N–H and O–H groups in total. The first-order valence-electron chi connectivity index (χ1n) is 10.4. The Labute approximate surface area is 186 Å². The van der Waals surface area contributed by atoms with Crippen LogP contribution in [0.2, 0.25) is 0 Å². The molecule has 160 valence electrons. The Bertz CT molecular complexity index is 1210. The van der Waals surface area contributed by atoms with Crippen LogP contribution < -0.4 is 10.7 Å². The summed E-state index contributed by atoms with van der Waals surface area (Å²) in [6.45, 7) is -0.165. The van der Waals surface area contributed by atoms with Gasteiger partial charge in [-0.05, 0) is 17.2 Å². The highest BCUT2D eigenvalue weighted by molar-refractivity contribution is 5.99. The van der Waals surface area contributed by atoms with Crippen LogP contribution in [0, 0.1) is 0 Å². The minimum atomic E-state index is -0.496. The number of aryl methyl sites for hydroxylation is 1. The van der Waals surface area contributed by atoms with E-state index in [9.17, 15) is 9.59 Å². The smallest absolute Gasteiger partial charge is 0.259 e. The normalized spacial score (nSPS) is 11.2. The number of hydrogen-bond acceptors (Lipinski definition) is 3. The molecule has 0 atom stereocenters. The molecule has 2 amide bonds. The van der Waals surface area contributed by atoms with Crippen LogP contribution in [0.15, 0.2) is 96.2 Å². The van der Waals surface area contributed by atoms with Gasteiger partial charge >= 0.3 is 0 Å². The molecule has 32 heavy (non-hydrogen) atoms. The molecular formula is C26H24N4O2. The second-order valence-electron chi connectivity index (χ2n) is 7.48. The number of nitrogens with zero attached hydrogens (tertiary/aromatic N) is 2. The Kier molecular flexibility index (Phi) is 6.41. The lowest BCUT2D eigenvalue weighted by Crippen LogP contribution is -2.37.